The molecule has 0 aromatic heterocycles. The molecule has 17 unspecified atom stereocenters. The van der Waals surface area contributed by atoms with Gasteiger partial charge in [-0.1, -0.05) is 89.8 Å². The number of benzene rings is 1. The van der Waals surface area contributed by atoms with Crippen molar-refractivity contribution in [3.63, 3.8) is 0 Å². The number of piperidine rings is 2. The van der Waals surface area contributed by atoms with Gasteiger partial charge in [-0.25, -0.2) is 4.99 Å². The molecular formula is C64H91N5O8S2. The topological polar surface area (TPSA) is 211 Å². The average Bonchev–Trinajstić information content (AvgIpc) is 3.51. The van der Waals surface area contributed by atoms with E-state index in [0.29, 0.717) is 53.3 Å². The molecule has 14 rings (SSSR count). The quantitative estimate of drug-likeness (QED) is 0.0445. The fourth-order valence-electron chi connectivity index (χ4n) is 20.8. The second-order valence-corrected chi connectivity index (χ2v) is 30.7. The van der Waals surface area contributed by atoms with Gasteiger partial charge in [0.2, 0.25) is 0 Å². The fourth-order valence-corrected chi connectivity index (χ4v) is 24.0. The largest absolute Gasteiger partial charge is 0.504 e. The average molecular weight is 1120 g/mol. The number of rotatable bonds is 2. The molecule has 17 atom stereocenters. The summed E-state index contributed by atoms with van der Waals surface area (Å²) in [5.41, 5.74) is 7.47. The van der Waals surface area contributed by atoms with Crippen molar-refractivity contribution in [1.82, 2.24) is 16.0 Å². The molecule has 5 saturated carbocycles. The Bertz CT molecular complexity index is 2630. The molecule has 7 fully saturated rings. The summed E-state index contributed by atoms with van der Waals surface area (Å²) < 4.78 is 13.1. The predicted octanol–water partition coefficient (Wildman–Crippen LogP) is 9.19. The van der Waals surface area contributed by atoms with Crippen molar-refractivity contribution >= 4 is 33.5 Å². The highest BCUT2D eigenvalue weighted by Crippen LogP contribution is 2.79. The second kappa shape index (κ2) is 21.3. The highest BCUT2D eigenvalue weighted by molar-refractivity contribution is 8.77. The Kier molecular flexibility index (Phi) is 14.9. The number of aliphatic hydroxyl groups is 4. The molecule has 2 saturated heterocycles. The number of fused-ring (bicyclic) bond motifs is 11. The van der Waals surface area contributed by atoms with Gasteiger partial charge in [0, 0.05) is 71.7 Å². The van der Waals surface area contributed by atoms with Gasteiger partial charge in [-0.3, -0.25) is 4.79 Å². The molecule has 13 nitrogen and oxygen atoms in total. The number of nitrogens with two attached hydrogens (primary N) is 1. The van der Waals surface area contributed by atoms with E-state index >= 15 is 0 Å². The fraction of sp³-hybridized carbons (Fsp3) is 0.781. The normalized spacial score (nSPS) is 45.3. The van der Waals surface area contributed by atoms with E-state index in [-0.39, 0.29) is 75.8 Å². The number of ether oxygens (including phenoxy) is 2. The SMILES string of the molecule is CC(=O)OC1CC(O)CCC23C#CC4CCCC5(CC(CCN5)Oc5cc(c(C(O)O)cc5O)CC41)C1CCC(CN1)SSCC1(CC45CCCC4C=CC(C5)C14CCCC41CCC4(CCCC4)C1)NC(N)=NC2C=CCC3O. The van der Waals surface area contributed by atoms with Crippen LogP contribution < -0.4 is 26.4 Å². The van der Waals surface area contributed by atoms with Crippen LogP contribution in [0.1, 0.15) is 191 Å². The summed E-state index contributed by atoms with van der Waals surface area (Å²) in [6.07, 6.45) is 31.3. The molecule has 0 radical (unpaired) electrons. The number of aliphatic hydroxyl groups excluding tert-OH is 3. The molecule has 1 aromatic carbocycles. The Labute approximate surface area is 477 Å². The van der Waals surface area contributed by atoms with E-state index < -0.39 is 53.9 Å². The Morgan fingerprint density at radius 1 is 0.899 bits per heavy atom. The highest BCUT2D eigenvalue weighted by Gasteiger charge is 2.75. The van der Waals surface area contributed by atoms with Crippen molar-refractivity contribution in [2.75, 3.05) is 18.8 Å². The first kappa shape index (κ1) is 55.3. The summed E-state index contributed by atoms with van der Waals surface area (Å²) in [5, 5.41) is 71.5. The third kappa shape index (κ3) is 9.53. The van der Waals surface area contributed by atoms with Gasteiger partial charge in [-0.2, -0.15) is 0 Å². The smallest absolute Gasteiger partial charge is 0.302 e. The van der Waals surface area contributed by atoms with Crippen LogP contribution >= 0.6 is 21.6 Å². The predicted molar refractivity (Wildman–Crippen MR) is 311 cm³/mol. The van der Waals surface area contributed by atoms with E-state index in [1.165, 1.54) is 103 Å². The number of carbonyl (C=O) groups excluding carboxylic acids is 1. The van der Waals surface area contributed by atoms with Crippen LogP contribution in [-0.2, 0) is 16.0 Å². The molecule has 432 valence electrons. The lowest BCUT2D eigenvalue weighted by Gasteiger charge is -2.68. The lowest BCUT2D eigenvalue weighted by Crippen LogP contribution is -2.73. The van der Waals surface area contributed by atoms with E-state index in [1.54, 1.807) is 6.07 Å². The Balaban J connectivity index is 0.979. The number of nitrogens with zero attached hydrogens (tertiary/aromatic N) is 1. The van der Waals surface area contributed by atoms with Crippen LogP contribution in [0.3, 0.4) is 0 Å². The van der Waals surface area contributed by atoms with Crippen LogP contribution in [0, 0.1) is 62.6 Å². The molecule has 5 heterocycles. The Morgan fingerprint density at radius 2 is 1.75 bits per heavy atom. The summed E-state index contributed by atoms with van der Waals surface area (Å²) in [5.74, 6) is 8.76. The molecular weight excluding hydrogens is 1030 g/mol. The molecule has 5 aliphatic heterocycles. The highest BCUT2D eigenvalue weighted by atomic mass is 33.1. The molecule has 79 heavy (non-hydrogen) atoms. The summed E-state index contributed by atoms with van der Waals surface area (Å²) >= 11 is 0. The maximum absolute atomic E-state index is 13.2. The first-order valence-corrected chi connectivity index (χ1v) is 33.7. The lowest BCUT2D eigenvalue weighted by molar-refractivity contribution is -0.152. The third-order valence-electron chi connectivity index (χ3n) is 24.1. The van der Waals surface area contributed by atoms with Crippen molar-refractivity contribution < 1.29 is 39.8 Å². The molecule has 13 aliphatic rings. The zero-order chi connectivity index (χ0) is 54.4. The first-order chi connectivity index (χ1) is 38.1. The van der Waals surface area contributed by atoms with Crippen LogP contribution in [-0.4, -0.2) is 109 Å². The van der Waals surface area contributed by atoms with Gasteiger partial charge < -0.3 is 56.7 Å². The maximum atomic E-state index is 13.2. The van der Waals surface area contributed by atoms with E-state index in [2.05, 4.69) is 67.6 Å². The number of esters is 1. The molecule has 10 N–H and O–H groups in total. The summed E-state index contributed by atoms with van der Waals surface area (Å²) in [6, 6.07) is 2.68. The van der Waals surface area contributed by atoms with Crippen molar-refractivity contribution in [1.29, 1.82) is 0 Å². The second-order valence-electron chi connectivity index (χ2n) is 28.0. The molecule has 8 aliphatic carbocycles. The number of carbonyl (C=O) groups is 1. The van der Waals surface area contributed by atoms with Crippen LogP contribution in [0.4, 0.5) is 0 Å². The van der Waals surface area contributed by atoms with Gasteiger partial charge in [0.25, 0.3) is 0 Å². The van der Waals surface area contributed by atoms with E-state index in [4.69, 9.17) is 20.2 Å². The van der Waals surface area contributed by atoms with Gasteiger partial charge >= 0.3 is 5.97 Å². The van der Waals surface area contributed by atoms with Gasteiger partial charge in [0.05, 0.1) is 29.2 Å². The van der Waals surface area contributed by atoms with Crippen molar-refractivity contribution in [3.05, 3.63) is 47.6 Å². The first-order valence-electron chi connectivity index (χ1n) is 31.3. The van der Waals surface area contributed by atoms with Gasteiger partial charge in [-0.15, -0.1) is 0 Å². The number of allylic oxidation sites excluding steroid dienone is 2. The number of aliphatic imine (C=N–C) groups is 1. The zero-order valence-corrected chi connectivity index (χ0v) is 48.5. The van der Waals surface area contributed by atoms with Gasteiger partial charge in [-0.05, 0) is 181 Å². The number of aromatic hydroxyl groups is 1. The lowest BCUT2D eigenvalue weighted by atomic mass is 9.39. The number of hydrogen-bond donors (Lipinski definition) is 9. The maximum Gasteiger partial charge on any atom is 0.302 e. The Hall–Kier alpha value is -2.94. The molecule has 7 spiro atoms. The molecule has 10 bridgehead atoms. The number of phenols is 1. The minimum Gasteiger partial charge on any atom is -0.504 e. The number of nitrogens with one attached hydrogen (secondary N) is 3. The van der Waals surface area contributed by atoms with Crippen molar-refractivity contribution in [2.45, 2.75) is 239 Å². The standard InChI is InChI=1S/C64H91N5O8S2/c1-40(70)76-51-32-45(71)17-26-61-25-16-41-8-5-23-62(35-46(18-29-67-62)77-52-31-42(30-48(41)51)49(56(74)75)33-50(52)72)54-15-14-47(36-66-54)79-78-39-63(69-57(65)68-53(61)10-4-11-55(61)73)38-59-21-6-9-43(59)12-13-44(34-59)64(63)24-7-22-60(64)28-27-58(37-60)19-2-3-20-58/h4,10,12-13,31,33,41,43-48,51,53-56,66-67,71-75H,2-3,5-9,11,14-15,17-24,26-30,32,34-39H2,1H3,(H3,65,68,69). The van der Waals surface area contributed by atoms with E-state index in [9.17, 15) is 30.3 Å². The van der Waals surface area contributed by atoms with Crippen LogP contribution in [0.15, 0.2) is 41.4 Å². The minimum absolute atomic E-state index is 0.00821. The minimum atomic E-state index is -1.91. The molecule has 1 aromatic rings. The number of guanidine groups is 1. The molecule has 0 amide bonds. The third-order valence-corrected chi connectivity index (χ3v) is 27.1. The van der Waals surface area contributed by atoms with E-state index in [0.717, 1.165) is 63.8 Å². The van der Waals surface area contributed by atoms with Crippen LogP contribution in [0.5, 0.6) is 11.5 Å². The Morgan fingerprint density at radius 3 is 2.57 bits per heavy atom. The monoisotopic (exact) mass is 1120 g/mol. The molecule has 15 heteroatoms. The van der Waals surface area contributed by atoms with Crippen molar-refractivity contribution in [2.24, 2.45) is 61.5 Å². The van der Waals surface area contributed by atoms with Crippen LogP contribution in [0.2, 0.25) is 0 Å². The van der Waals surface area contributed by atoms with E-state index in [1.807, 2.05) is 6.08 Å². The number of phenolic OH excluding ortho intramolecular Hbond substituents is 1. The zero-order valence-electron chi connectivity index (χ0n) is 46.9. The summed E-state index contributed by atoms with van der Waals surface area (Å²) in [6.45, 7) is 3.04. The van der Waals surface area contributed by atoms with Crippen molar-refractivity contribution in [3.8, 4) is 23.3 Å². The van der Waals surface area contributed by atoms with Crippen LogP contribution in [0.25, 0.3) is 0 Å². The summed E-state index contributed by atoms with van der Waals surface area (Å²) in [4.78, 5) is 18.9. The summed E-state index contributed by atoms with van der Waals surface area (Å²) in [7, 11) is 4.20. The van der Waals surface area contributed by atoms with Gasteiger partial charge in [0.1, 0.15) is 12.2 Å². The van der Waals surface area contributed by atoms with Gasteiger partial charge in [0.15, 0.2) is 23.7 Å². The number of hydrogen-bond acceptors (Lipinski definition) is 15.